The third-order valence-electron chi connectivity index (χ3n) is 1.76. The van der Waals surface area contributed by atoms with Crippen LogP contribution in [0.5, 0.6) is 5.75 Å². The van der Waals surface area contributed by atoms with Crippen LogP contribution in [0.2, 0.25) is 0 Å². The van der Waals surface area contributed by atoms with E-state index in [0.717, 1.165) is 0 Å². The molecule has 72 valence electrons. The fourth-order valence-corrected chi connectivity index (χ4v) is 1.12. The van der Waals surface area contributed by atoms with Gasteiger partial charge in [0.05, 0.1) is 0 Å². The molecule has 0 saturated heterocycles. The predicted octanol–water partition coefficient (Wildman–Crippen LogP) is 2.93. The third kappa shape index (κ3) is 1.61. The van der Waals surface area contributed by atoms with Gasteiger partial charge in [0.15, 0.2) is 17.4 Å². The summed E-state index contributed by atoms with van der Waals surface area (Å²) in [5, 5.41) is 8.84. The summed E-state index contributed by atoms with van der Waals surface area (Å²) in [5.74, 6) is -5.02. The molecule has 1 aromatic carbocycles. The minimum atomic E-state index is -1.28. The summed E-state index contributed by atoms with van der Waals surface area (Å²) in [5.41, 5.74) is -0.293. The normalized spacial score (nSPS) is 10.9. The van der Waals surface area contributed by atoms with Crippen LogP contribution in [-0.4, -0.2) is 5.11 Å². The second kappa shape index (κ2) is 3.28. The van der Waals surface area contributed by atoms with Crippen LogP contribution >= 0.6 is 0 Å². The van der Waals surface area contributed by atoms with Crippen LogP contribution in [0.25, 0.3) is 0 Å². The van der Waals surface area contributed by atoms with E-state index in [2.05, 4.69) is 0 Å². The van der Waals surface area contributed by atoms with E-state index in [4.69, 9.17) is 5.11 Å². The number of rotatable bonds is 1. The van der Waals surface area contributed by atoms with E-state index in [1.165, 1.54) is 0 Å². The lowest BCUT2D eigenvalue weighted by Gasteiger charge is -2.09. The van der Waals surface area contributed by atoms with E-state index in [1.807, 2.05) is 0 Å². The van der Waals surface area contributed by atoms with Crippen LogP contribution in [0, 0.1) is 17.5 Å². The fraction of sp³-hybridized carbons (Fsp3) is 0.333. The molecule has 1 rings (SSSR count). The summed E-state index contributed by atoms with van der Waals surface area (Å²) in [6.45, 7) is 3.11. The quantitative estimate of drug-likeness (QED) is 0.721. The molecule has 0 unspecified atom stereocenters. The zero-order chi connectivity index (χ0) is 10.2. The van der Waals surface area contributed by atoms with Crippen molar-refractivity contribution in [1.82, 2.24) is 0 Å². The molecular weight excluding hydrogens is 181 g/mol. The Morgan fingerprint density at radius 3 is 2.15 bits per heavy atom. The van der Waals surface area contributed by atoms with Gasteiger partial charge in [0, 0.05) is 11.6 Å². The molecule has 1 N–H and O–H groups in total. The van der Waals surface area contributed by atoms with Crippen LogP contribution in [-0.2, 0) is 0 Å². The van der Waals surface area contributed by atoms with Crippen LogP contribution in [0.1, 0.15) is 25.3 Å². The average molecular weight is 190 g/mol. The molecule has 0 aliphatic carbocycles. The van der Waals surface area contributed by atoms with Crippen molar-refractivity contribution in [3.05, 3.63) is 29.1 Å². The van der Waals surface area contributed by atoms with Gasteiger partial charge in [-0.05, 0) is 5.92 Å². The molecule has 0 spiro atoms. The van der Waals surface area contributed by atoms with Crippen molar-refractivity contribution >= 4 is 0 Å². The van der Waals surface area contributed by atoms with E-state index in [1.54, 1.807) is 13.8 Å². The number of halogens is 3. The van der Waals surface area contributed by atoms with E-state index in [-0.39, 0.29) is 5.56 Å². The highest BCUT2D eigenvalue weighted by Gasteiger charge is 2.19. The SMILES string of the molecule is CC(C)c1c(F)cc(F)c(O)c1F. The largest absolute Gasteiger partial charge is 0.503 e. The molecule has 0 aromatic heterocycles. The van der Waals surface area contributed by atoms with Crippen molar-refractivity contribution in [2.24, 2.45) is 0 Å². The van der Waals surface area contributed by atoms with Crippen molar-refractivity contribution in [2.75, 3.05) is 0 Å². The van der Waals surface area contributed by atoms with Crippen molar-refractivity contribution in [2.45, 2.75) is 19.8 Å². The molecule has 0 atom stereocenters. The Bertz CT molecular complexity index is 334. The minimum Gasteiger partial charge on any atom is -0.503 e. The molecule has 0 aliphatic heterocycles. The van der Waals surface area contributed by atoms with E-state index in [9.17, 15) is 13.2 Å². The first-order valence-electron chi connectivity index (χ1n) is 3.81. The first kappa shape index (κ1) is 9.89. The molecule has 0 fully saturated rings. The lowest BCUT2D eigenvalue weighted by Crippen LogP contribution is -2.00. The molecule has 0 saturated carbocycles. The number of aromatic hydroxyl groups is 1. The monoisotopic (exact) mass is 190 g/mol. The number of benzene rings is 1. The molecule has 0 heterocycles. The third-order valence-corrected chi connectivity index (χ3v) is 1.76. The van der Waals surface area contributed by atoms with Crippen LogP contribution in [0.4, 0.5) is 13.2 Å². The van der Waals surface area contributed by atoms with Crippen molar-refractivity contribution in [3.63, 3.8) is 0 Å². The summed E-state index contributed by atoms with van der Waals surface area (Å²) >= 11 is 0. The summed E-state index contributed by atoms with van der Waals surface area (Å²) in [6.07, 6.45) is 0. The highest BCUT2D eigenvalue weighted by molar-refractivity contribution is 5.34. The van der Waals surface area contributed by atoms with Crippen LogP contribution in [0.3, 0.4) is 0 Å². The molecular formula is C9H9F3O. The first-order chi connectivity index (χ1) is 5.95. The summed E-state index contributed by atoms with van der Waals surface area (Å²) < 4.78 is 38.5. The van der Waals surface area contributed by atoms with Gasteiger partial charge < -0.3 is 5.11 Å². The standard InChI is InChI=1S/C9H9F3O/c1-4(2)7-5(10)3-6(11)9(13)8(7)12/h3-4,13H,1-2H3. The maximum absolute atomic E-state index is 13.0. The smallest absolute Gasteiger partial charge is 0.188 e. The molecule has 13 heavy (non-hydrogen) atoms. The summed E-state index contributed by atoms with van der Waals surface area (Å²) in [4.78, 5) is 0. The molecule has 4 heteroatoms. The van der Waals surface area contributed by atoms with Gasteiger partial charge in [-0.1, -0.05) is 13.8 Å². The molecule has 0 radical (unpaired) electrons. The van der Waals surface area contributed by atoms with Crippen molar-refractivity contribution in [3.8, 4) is 5.75 Å². The van der Waals surface area contributed by atoms with Gasteiger partial charge in [-0.25, -0.2) is 13.2 Å². The number of phenols is 1. The number of hydrogen-bond acceptors (Lipinski definition) is 1. The number of phenolic OH excluding ortho intramolecular Hbond substituents is 1. The van der Waals surface area contributed by atoms with Gasteiger partial charge in [-0.3, -0.25) is 0 Å². The average Bonchev–Trinajstić information content (AvgIpc) is 1.99. The molecule has 0 amide bonds. The lowest BCUT2D eigenvalue weighted by atomic mass is 10.0. The van der Waals surface area contributed by atoms with Gasteiger partial charge in [0.1, 0.15) is 5.82 Å². The summed E-state index contributed by atoms with van der Waals surface area (Å²) in [6, 6.07) is 0.480. The van der Waals surface area contributed by atoms with Gasteiger partial charge in [-0.2, -0.15) is 0 Å². The highest BCUT2D eigenvalue weighted by atomic mass is 19.1. The molecule has 0 bridgehead atoms. The maximum Gasteiger partial charge on any atom is 0.188 e. The Kier molecular flexibility index (Phi) is 2.50. The Balaban J connectivity index is 3.44. The second-order valence-corrected chi connectivity index (χ2v) is 3.07. The second-order valence-electron chi connectivity index (χ2n) is 3.07. The Morgan fingerprint density at radius 1 is 1.15 bits per heavy atom. The van der Waals surface area contributed by atoms with Crippen LogP contribution in [0.15, 0.2) is 6.07 Å². The molecule has 1 nitrogen and oxygen atoms in total. The van der Waals surface area contributed by atoms with E-state index >= 15 is 0 Å². The molecule has 0 aliphatic rings. The minimum absolute atomic E-state index is 0.293. The van der Waals surface area contributed by atoms with Crippen molar-refractivity contribution < 1.29 is 18.3 Å². The zero-order valence-corrected chi connectivity index (χ0v) is 7.24. The van der Waals surface area contributed by atoms with Crippen molar-refractivity contribution in [1.29, 1.82) is 0 Å². The predicted molar refractivity (Wildman–Crippen MR) is 42.1 cm³/mol. The van der Waals surface area contributed by atoms with Gasteiger partial charge in [-0.15, -0.1) is 0 Å². The first-order valence-corrected chi connectivity index (χ1v) is 3.81. The maximum atomic E-state index is 13.0. The highest BCUT2D eigenvalue weighted by Crippen LogP contribution is 2.30. The zero-order valence-electron chi connectivity index (χ0n) is 7.24. The van der Waals surface area contributed by atoms with Crippen LogP contribution < -0.4 is 0 Å². The lowest BCUT2D eigenvalue weighted by molar-refractivity contribution is 0.383. The topological polar surface area (TPSA) is 20.2 Å². The van der Waals surface area contributed by atoms with Gasteiger partial charge in [0.2, 0.25) is 0 Å². The van der Waals surface area contributed by atoms with E-state index in [0.29, 0.717) is 6.07 Å². The fourth-order valence-electron chi connectivity index (χ4n) is 1.12. The Labute approximate surface area is 73.8 Å². The van der Waals surface area contributed by atoms with Gasteiger partial charge in [0.25, 0.3) is 0 Å². The Morgan fingerprint density at radius 2 is 1.69 bits per heavy atom. The number of hydrogen-bond donors (Lipinski definition) is 1. The summed E-state index contributed by atoms with van der Waals surface area (Å²) in [7, 11) is 0. The van der Waals surface area contributed by atoms with E-state index < -0.39 is 29.1 Å². The van der Waals surface area contributed by atoms with Gasteiger partial charge >= 0.3 is 0 Å². The molecule has 1 aromatic rings. The Hall–Kier alpha value is -1.19.